The van der Waals surface area contributed by atoms with Crippen molar-refractivity contribution in [2.24, 2.45) is 0 Å². The summed E-state index contributed by atoms with van der Waals surface area (Å²) in [6, 6.07) is 16.5. The second-order valence-corrected chi connectivity index (χ2v) is 24.2. The molecule has 80 heavy (non-hydrogen) atoms. The lowest BCUT2D eigenvalue weighted by molar-refractivity contribution is 0.113. The van der Waals surface area contributed by atoms with Crippen LogP contribution in [0.2, 0.25) is 10.0 Å². The van der Waals surface area contributed by atoms with Crippen molar-refractivity contribution in [3.8, 4) is 23.6 Å². The standard InChI is InChI=1S/C54H64Cl2F2N10O10S2/c55-37-25-35(31-59)43-5-9-49(45(43)27-37)77-51-7-3-41(29-47(51)57)79(71,72)65-39-11-17-67(33-39)19-23-75-21-15-63-53(69)61-13-1-2-14-62-54(70)64-16-22-76-24-20-68-18-12-40(34-68)66-80(73,74)42-4-8-52(48(58)30-42)78-50-10-6-44-36(32-60)26-38(56)28-46(44)50/h3-4,7-8,25-30,39-40,49-50,65-66H,1-2,5-6,9-24,33-34H2,(H2,61,63,69)(H2,62,64,70)/t39-,40-,49+,50+/m0/s1. The maximum absolute atomic E-state index is 15.2. The van der Waals surface area contributed by atoms with E-state index in [1.165, 1.54) is 24.3 Å². The molecule has 4 atom stereocenters. The van der Waals surface area contributed by atoms with Gasteiger partial charge in [-0.25, -0.2) is 44.6 Å². The van der Waals surface area contributed by atoms with E-state index in [0.29, 0.717) is 138 Å². The van der Waals surface area contributed by atoms with Crippen molar-refractivity contribution in [1.29, 1.82) is 10.5 Å². The van der Waals surface area contributed by atoms with Crippen LogP contribution in [0.4, 0.5) is 18.4 Å². The number of nitrogens with zero attached hydrogens (tertiary/aromatic N) is 4. The molecular formula is C54H64Cl2F2N10O10S2. The van der Waals surface area contributed by atoms with Gasteiger partial charge in [-0.3, -0.25) is 9.80 Å². The average molecular weight is 1190 g/mol. The number of amides is 4. The number of rotatable bonds is 27. The van der Waals surface area contributed by atoms with Crippen LogP contribution in [0, 0.1) is 34.3 Å². The summed E-state index contributed by atoms with van der Waals surface area (Å²) in [4.78, 5) is 28.1. The Labute approximate surface area is 474 Å². The van der Waals surface area contributed by atoms with E-state index < -0.39 is 43.9 Å². The van der Waals surface area contributed by atoms with Crippen LogP contribution in [-0.2, 0) is 42.4 Å². The van der Waals surface area contributed by atoms with Gasteiger partial charge in [0.1, 0.15) is 12.2 Å². The number of fused-ring (bicyclic) bond motifs is 2. The lowest BCUT2D eigenvalue weighted by atomic mass is 10.0. The molecule has 0 radical (unpaired) electrons. The quantitative estimate of drug-likeness (QED) is 0.0376. The molecule has 0 aromatic heterocycles. The molecule has 430 valence electrons. The molecule has 2 saturated heterocycles. The molecule has 6 N–H and O–H groups in total. The van der Waals surface area contributed by atoms with Crippen LogP contribution >= 0.6 is 23.2 Å². The molecule has 0 saturated carbocycles. The summed E-state index contributed by atoms with van der Waals surface area (Å²) >= 11 is 12.4. The van der Waals surface area contributed by atoms with Crippen molar-refractivity contribution >= 4 is 55.3 Å². The van der Waals surface area contributed by atoms with E-state index in [1.54, 1.807) is 24.3 Å². The molecule has 2 aliphatic carbocycles. The van der Waals surface area contributed by atoms with Crippen molar-refractivity contribution in [3.05, 3.63) is 116 Å². The Bertz CT molecular complexity index is 2980. The number of urea groups is 2. The number of hydrogen-bond donors (Lipinski definition) is 6. The van der Waals surface area contributed by atoms with Crippen LogP contribution in [0.25, 0.3) is 0 Å². The zero-order valence-electron chi connectivity index (χ0n) is 43.8. The minimum absolute atomic E-state index is 0.0965. The number of ether oxygens (including phenoxy) is 4. The third-order valence-electron chi connectivity index (χ3n) is 14.2. The molecule has 4 aromatic rings. The lowest BCUT2D eigenvalue weighted by Crippen LogP contribution is -2.39. The van der Waals surface area contributed by atoms with Crippen molar-refractivity contribution in [2.45, 2.75) is 85.4 Å². The predicted octanol–water partition coefficient (Wildman–Crippen LogP) is 5.96. The van der Waals surface area contributed by atoms with Gasteiger partial charge in [-0.1, -0.05) is 23.2 Å². The van der Waals surface area contributed by atoms with Gasteiger partial charge in [0.2, 0.25) is 20.0 Å². The molecule has 0 spiro atoms. The molecule has 8 rings (SSSR count). The monoisotopic (exact) mass is 1180 g/mol. The maximum atomic E-state index is 15.2. The molecule has 4 aliphatic rings. The first-order valence-electron chi connectivity index (χ1n) is 26.5. The second kappa shape index (κ2) is 28.2. The smallest absolute Gasteiger partial charge is 0.314 e. The van der Waals surface area contributed by atoms with Crippen molar-refractivity contribution < 1.29 is 54.2 Å². The predicted molar refractivity (Wildman–Crippen MR) is 293 cm³/mol. The molecular weight excluding hydrogens is 1120 g/mol. The van der Waals surface area contributed by atoms with Crippen molar-refractivity contribution in [2.75, 3.05) is 91.9 Å². The van der Waals surface area contributed by atoms with Gasteiger partial charge < -0.3 is 40.2 Å². The maximum Gasteiger partial charge on any atom is 0.314 e. The van der Waals surface area contributed by atoms with Crippen LogP contribution < -0.4 is 40.2 Å². The van der Waals surface area contributed by atoms with Gasteiger partial charge in [-0.15, -0.1) is 0 Å². The van der Waals surface area contributed by atoms with Gasteiger partial charge in [0.05, 0.1) is 59.5 Å². The average Bonchev–Trinajstić information content (AvgIpc) is 4.25. The number of carbonyl (C=O) groups is 2. The van der Waals surface area contributed by atoms with Crippen LogP contribution in [0.15, 0.2) is 70.5 Å². The van der Waals surface area contributed by atoms with Gasteiger partial charge in [0, 0.05) is 74.5 Å². The molecule has 0 unspecified atom stereocenters. The largest absolute Gasteiger partial charge is 0.483 e. The Kier molecular flexibility index (Phi) is 21.2. The lowest BCUT2D eigenvalue weighted by Gasteiger charge is -2.18. The van der Waals surface area contributed by atoms with E-state index in [0.717, 1.165) is 34.4 Å². The first kappa shape index (κ1) is 60.2. The SMILES string of the molecule is N#Cc1cc(Cl)cc2c1CC[C@H]2Oc1ccc(S(=O)(=O)N[C@H]2CCN(CCOCCNC(=O)NCCCCNC(=O)NCCOCCN3CC[C@H](NS(=O)(=O)c4ccc(O[C@@H]5CCc6c(C#N)cc(Cl)cc65)c(F)c4)C3)C2)cc1F. The summed E-state index contributed by atoms with van der Waals surface area (Å²) in [7, 11) is -8.05. The molecule has 4 amide bonds. The Morgan fingerprint density at radius 2 is 1.00 bits per heavy atom. The van der Waals surface area contributed by atoms with E-state index in [4.69, 9.17) is 42.1 Å². The van der Waals surface area contributed by atoms with Crippen LogP contribution in [0.1, 0.15) is 84.1 Å². The highest BCUT2D eigenvalue weighted by molar-refractivity contribution is 7.89. The second-order valence-electron chi connectivity index (χ2n) is 19.9. The van der Waals surface area contributed by atoms with E-state index in [2.05, 4.69) is 52.6 Å². The zero-order chi connectivity index (χ0) is 56.8. The van der Waals surface area contributed by atoms with Gasteiger partial charge in [0.15, 0.2) is 23.1 Å². The number of nitriles is 2. The van der Waals surface area contributed by atoms with Crippen LogP contribution in [-0.4, -0.2) is 143 Å². The molecule has 2 heterocycles. The fraction of sp³-hybridized carbons (Fsp3) is 0.481. The Hall–Kier alpha value is -5.90. The van der Waals surface area contributed by atoms with Crippen LogP contribution in [0.5, 0.6) is 11.5 Å². The molecule has 2 aliphatic heterocycles. The molecule has 2 fully saturated rings. The van der Waals surface area contributed by atoms with E-state index in [9.17, 15) is 36.9 Å². The van der Waals surface area contributed by atoms with Crippen LogP contribution in [0.3, 0.4) is 0 Å². The zero-order valence-corrected chi connectivity index (χ0v) is 47.0. The fourth-order valence-electron chi connectivity index (χ4n) is 10.2. The first-order chi connectivity index (χ1) is 38.5. The Morgan fingerprint density at radius 1 is 0.588 bits per heavy atom. The Balaban J connectivity index is 0.596. The summed E-state index contributed by atoms with van der Waals surface area (Å²) in [6.45, 7) is 5.99. The topological polar surface area (TPSA) is 266 Å². The van der Waals surface area contributed by atoms with E-state index in [-0.39, 0.29) is 71.7 Å². The van der Waals surface area contributed by atoms with Gasteiger partial charge in [0.25, 0.3) is 0 Å². The summed E-state index contributed by atoms with van der Waals surface area (Å²) < 4.78 is 112. The highest BCUT2D eigenvalue weighted by Gasteiger charge is 2.33. The van der Waals surface area contributed by atoms with E-state index >= 15 is 8.78 Å². The molecule has 4 aromatic carbocycles. The van der Waals surface area contributed by atoms with E-state index in [1.807, 2.05) is 0 Å². The summed E-state index contributed by atoms with van der Waals surface area (Å²) in [5.74, 6) is -1.83. The van der Waals surface area contributed by atoms with Gasteiger partial charge >= 0.3 is 12.1 Å². The number of nitrogens with one attached hydrogen (secondary N) is 6. The Morgan fingerprint density at radius 3 is 1.40 bits per heavy atom. The summed E-state index contributed by atoms with van der Waals surface area (Å²) in [5.41, 5.74) is 3.98. The number of likely N-dealkylation sites (tertiary alicyclic amines) is 2. The third-order valence-corrected chi connectivity index (χ3v) is 17.7. The van der Waals surface area contributed by atoms with Crippen molar-refractivity contribution in [1.82, 2.24) is 40.5 Å². The summed E-state index contributed by atoms with van der Waals surface area (Å²) in [5, 5.41) is 30.7. The number of halogens is 4. The third kappa shape index (κ3) is 16.4. The number of hydrogen-bond acceptors (Lipinski definition) is 14. The fourth-order valence-corrected chi connectivity index (χ4v) is 13.2. The molecule has 0 bridgehead atoms. The number of sulfonamides is 2. The number of unbranched alkanes of at least 4 members (excludes halogenated alkanes) is 1. The first-order valence-corrected chi connectivity index (χ1v) is 30.3. The molecule has 20 nitrogen and oxygen atoms in total. The van der Waals surface area contributed by atoms with Gasteiger partial charge in [-0.05, 0) is 147 Å². The minimum atomic E-state index is -4.03. The van der Waals surface area contributed by atoms with Gasteiger partial charge in [-0.2, -0.15) is 10.5 Å². The summed E-state index contributed by atoms with van der Waals surface area (Å²) in [6.07, 6.45) is 3.56. The molecule has 26 heteroatoms. The highest BCUT2D eigenvalue weighted by atomic mass is 35.5. The number of carbonyl (C=O) groups excluding carboxylic acids is 2. The van der Waals surface area contributed by atoms with Crippen molar-refractivity contribution in [3.63, 3.8) is 0 Å². The normalized spacial score (nSPS) is 19.0. The minimum Gasteiger partial charge on any atom is -0.483 e. The highest BCUT2D eigenvalue weighted by Crippen LogP contribution is 2.41. The number of benzene rings is 4.